The second-order valence-electron chi connectivity index (χ2n) is 7.01. The fourth-order valence-electron chi connectivity index (χ4n) is 3.41. The van der Waals surface area contributed by atoms with Gasteiger partial charge in [-0.3, -0.25) is 5.32 Å². The lowest BCUT2D eigenvalue weighted by molar-refractivity contribution is 0.303. The van der Waals surface area contributed by atoms with Gasteiger partial charge in [0.2, 0.25) is 5.96 Å². The second kappa shape index (κ2) is 8.69. The van der Waals surface area contributed by atoms with Crippen LogP contribution in [-0.4, -0.2) is 10.9 Å². The maximum Gasteiger partial charge on any atom is 0.211 e. The van der Waals surface area contributed by atoms with E-state index in [-0.39, 0.29) is 41.2 Å². The highest BCUT2D eigenvalue weighted by Gasteiger charge is 2.29. The fourth-order valence-corrected chi connectivity index (χ4v) is 3.41. The Labute approximate surface area is 186 Å². The van der Waals surface area contributed by atoms with Crippen molar-refractivity contribution >= 4 is 23.3 Å². The molecule has 1 atom stereocenters. The predicted octanol–water partition coefficient (Wildman–Crippen LogP) is 2.92. The first-order chi connectivity index (χ1) is 15.9. The number of pyridine rings is 1. The molecule has 0 spiro atoms. The summed E-state index contributed by atoms with van der Waals surface area (Å²) in [6, 6.07) is 11.6. The molecule has 0 saturated heterocycles. The third-order valence-corrected chi connectivity index (χ3v) is 4.92. The molecule has 6 N–H and O–H groups in total. The van der Waals surface area contributed by atoms with E-state index in [9.17, 15) is 14.0 Å². The zero-order valence-electron chi connectivity index (χ0n) is 16.9. The summed E-state index contributed by atoms with van der Waals surface area (Å²) < 4.78 is 32.1. The van der Waals surface area contributed by atoms with Gasteiger partial charge in [-0.15, -0.1) is 0 Å². The molecule has 0 fully saturated rings. The minimum atomic E-state index is -1.00. The topological polar surface area (TPSA) is 158 Å². The van der Waals surface area contributed by atoms with Crippen LogP contribution in [0.4, 0.5) is 26.1 Å². The van der Waals surface area contributed by atoms with Crippen molar-refractivity contribution in [3.05, 3.63) is 76.4 Å². The number of fused-ring (bicyclic) bond motifs is 1. The smallest absolute Gasteiger partial charge is 0.211 e. The molecule has 3 aromatic rings. The Bertz CT molecular complexity index is 1360. The lowest BCUT2D eigenvalue weighted by Gasteiger charge is -2.26. The van der Waals surface area contributed by atoms with E-state index in [4.69, 9.17) is 21.5 Å². The molecule has 164 valence electrons. The molecule has 1 aliphatic rings. The van der Waals surface area contributed by atoms with Gasteiger partial charge < -0.3 is 21.5 Å². The van der Waals surface area contributed by atoms with E-state index in [1.807, 2.05) is 6.07 Å². The Balaban J connectivity index is 1.70. The van der Waals surface area contributed by atoms with E-state index in [2.05, 4.69) is 20.6 Å². The van der Waals surface area contributed by atoms with Gasteiger partial charge in [0.05, 0.1) is 5.69 Å². The number of hydrogen-bond acceptors (Lipinski definition) is 9. The predicted molar refractivity (Wildman–Crippen MR) is 117 cm³/mol. The Morgan fingerprint density at radius 3 is 2.67 bits per heavy atom. The number of anilines is 3. The number of nitrogens with one attached hydrogen (secondary N) is 2. The molecule has 11 heteroatoms. The molecule has 4 rings (SSSR count). The third kappa shape index (κ3) is 4.16. The van der Waals surface area contributed by atoms with Crippen molar-refractivity contribution in [1.82, 2.24) is 10.3 Å². The van der Waals surface area contributed by atoms with Crippen molar-refractivity contribution in [1.29, 1.82) is 10.5 Å². The van der Waals surface area contributed by atoms with Crippen LogP contribution in [0.25, 0.3) is 0 Å². The first-order valence-electron chi connectivity index (χ1n) is 9.56. The lowest BCUT2D eigenvalue weighted by atomic mass is 9.94. The summed E-state index contributed by atoms with van der Waals surface area (Å²) in [7, 11) is 0. The van der Waals surface area contributed by atoms with Gasteiger partial charge in [0, 0.05) is 11.6 Å². The molecule has 0 saturated carbocycles. The van der Waals surface area contributed by atoms with Gasteiger partial charge >= 0.3 is 0 Å². The number of guanidine groups is 1. The van der Waals surface area contributed by atoms with Crippen molar-refractivity contribution < 1.29 is 13.5 Å². The highest BCUT2D eigenvalue weighted by atomic mass is 19.2. The molecule has 0 aliphatic carbocycles. The van der Waals surface area contributed by atoms with Gasteiger partial charge in [-0.1, -0.05) is 18.2 Å². The van der Waals surface area contributed by atoms with Crippen LogP contribution in [0, 0.1) is 34.4 Å². The van der Waals surface area contributed by atoms with Crippen LogP contribution in [0.15, 0.2) is 47.5 Å². The number of aromatic nitrogens is 1. The summed E-state index contributed by atoms with van der Waals surface area (Å²) >= 11 is 0. The molecule has 9 nitrogen and oxygen atoms in total. The van der Waals surface area contributed by atoms with E-state index in [1.54, 1.807) is 30.5 Å². The zero-order chi connectivity index (χ0) is 23.5. The number of nitrogens with two attached hydrogens (primary N) is 2. The standard InChI is InChI=1S/C22H16F2N8O/c23-15-5-4-13(7-16(15)24)33-9-11-2-1-3-12(6-11)19-17-18(27)14(8-25)20(28)31-21(17)32-22(30-19)29-10-26/h1-7,19H,9H2,(H6,27,28,29,30,31,32). The molecule has 0 radical (unpaired) electrons. The fraction of sp³-hybridized carbons (Fsp3) is 0.0909. The summed E-state index contributed by atoms with van der Waals surface area (Å²) in [4.78, 5) is 8.71. The largest absolute Gasteiger partial charge is 0.489 e. The van der Waals surface area contributed by atoms with E-state index >= 15 is 0 Å². The summed E-state index contributed by atoms with van der Waals surface area (Å²) in [5.41, 5.74) is 14.1. The molecule has 1 unspecified atom stereocenters. The number of hydrogen-bond donors (Lipinski definition) is 4. The number of halogens is 2. The average Bonchev–Trinajstić information content (AvgIpc) is 2.80. The second-order valence-corrected chi connectivity index (χ2v) is 7.01. The van der Waals surface area contributed by atoms with Crippen molar-refractivity contribution in [2.75, 3.05) is 16.8 Å². The highest BCUT2D eigenvalue weighted by Crippen LogP contribution is 2.40. The maximum atomic E-state index is 13.4. The molecular weight excluding hydrogens is 430 g/mol. The summed E-state index contributed by atoms with van der Waals surface area (Å²) in [5, 5.41) is 23.7. The van der Waals surface area contributed by atoms with Gasteiger partial charge in [0.15, 0.2) is 17.8 Å². The van der Waals surface area contributed by atoms with Crippen molar-refractivity contribution in [2.45, 2.75) is 12.6 Å². The summed E-state index contributed by atoms with van der Waals surface area (Å²) in [6.07, 6.45) is 1.79. The molecule has 0 bridgehead atoms. The van der Waals surface area contributed by atoms with Crippen LogP contribution >= 0.6 is 0 Å². The van der Waals surface area contributed by atoms with Crippen molar-refractivity contribution in [2.24, 2.45) is 4.99 Å². The van der Waals surface area contributed by atoms with Crippen LogP contribution in [0.2, 0.25) is 0 Å². The number of nitrogen functional groups attached to an aromatic ring is 2. The maximum absolute atomic E-state index is 13.4. The first-order valence-corrected chi connectivity index (χ1v) is 9.56. The Kier molecular flexibility index (Phi) is 5.62. The number of aliphatic imine (C=N–C) groups is 1. The van der Waals surface area contributed by atoms with Crippen molar-refractivity contribution in [3.63, 3.8) is 0 Å². The molecule has 2 heterocycles. The van der Waals surface area contributed by atoms with Gasteiger partial charge in [-0.25, -0.2) is 18.8 Å². The minimum absolute atomic E-state index is 0.0327. The van der Waals surface area contributed by atoms with Crippen LogP contribution in [0.5, 0.6) is 5.75 Å². The monoisotopic (exact) mass is 446 g/mol. The van der Waals surface area contributed by atoms with Gasteiger partial charge in [0.25, 0.3) is 0 Å². The van der Waals surface area contributed by atoms with E-state index in [0.29, 0.717) is 16.7 Å². The Morgan fingerprint density at radius 2 is 1.94 bits per heavy atom. The van der Waals surface area contributed by atoms with Gasteiger partial charge in [0.1, 0.15) is 41.7 Å². The molecule has 0 amide bonds. The Morgan fingerprint density at radius 1 is 1.12 bits per heavy atom. The molecule has 2 aromatic carbocycles. The zero-order valence-corrected chi connectivity index (χ0v) is 16.9. The summed E-state index contributed by atoms with van der Waals surface area (Å²) in [5.74, 6) is -1.44. The molecule has 33 heavy (non-hydrogen) atoms. The number of nitriles is 2. The van der Waals surface area contributed by atoms with Crippen LogP contribution in [0.1, 0.15) is 28.3 Å². The van der Waals surface area contributed by atoms with Gasteiger partial charge in [-0.2, -0.15) is 10.5 Å². The third-order valence-electron chi connectivity index (χ3n) is 4.92. The number of nitrogens with zero attached hydrogens (tertiary/aromatic N) is 4. The van der Waals surface area contributed by atoms with Crippen LogP contribution in [0.3, 0.4) is 0 Å². The number of benzene rings is 2. The van der Waals surface area contributed by atoms with Crippen molar-refractivity contribution in [3.8, 4) is 18.0 Å². The Hall–Kier alpha value is -4.90. The van der Waals surface area contributed by atoms with E-state index in [1.165, 1.54) is 6.07 Å². The number of rotatable bonds is 4. The molecular formula is C22H16F2N8O. The lowest BCUT2D eigenvalue weighted by Crippen LogP contribution is -2.32. The first kappa shape index (κ1) is 21.3. The number of ether oxygens (including phenoxy) is 1. The SMILES string of the molecule is N#CNC1=NC(c2cccc(COc3ccc(F)c(F)c3)c2)c2c(nc(N)c(C#N)c2N)N1. The van der Waals surface area contributed by atoms with Crippen LogP contribution in [-0.2, 0) is 6.61 Å². The molecule has 1 aromatic heterocycles. The van der Waals surface area contributed by atoms with E-state index in [0.717, 1.165) is 12.1 Å². The van der Waals surface area contributed by atoms with Crippen LogP contribution < -0.4 is 26.8 Å². The summed E-state index contributed by atoms with van der Waals surface area (Å²) in [6.45, 7) is 0.0721. The van der Waals surface area contributed by atoms with E-state index < -0.39 is 17.7 Å². The average molecular weight is 446 g/mol. The quantitative estimate of drug-likeness (QED) is 0.352. The normalized spacial score (nSPS) is 14.2. The highest BCUT2D eigenvalue weighted by molar-refractivity contribution is 5.98. The minimum Gasteiger partial charge on any atom is -0.489 e. The molecule has 1 aliphatic heterocycles. The van der Waals surface area contributed by atoms with Gasteiger partial charge in [-0.05, 0) is 29.3 Å².